The molecular formula is C16H14N2O3. The quantitative estimate of drug-likeness (QED) is 0.796. The van der Waals surface area contributed by atoms with Gasteiger partial charge in [-0.3, -0.25) is 0 Å². The molecule has 5 nitrogen and oxygen atoms in total. The second kappa shape index (κ2) is 6.96. The van der Waals surface area contributed by atoms with E-state index >= 15 is 0 Å². The van der Waals surface area contributed by atoms with E-state index in [0.29, 0.717) is 24.5 Å². The number of hydrogen-bond donors (Lipinski definition) is 2. The SMILES string of the molecule is N#Cc1ccc(NCCOc2cccc(C(=O)O)c2)cc1. The lowest BCUT2D eigenvalue weighted by Gasteiger charge is -2.09. The van der Waals surface area contributed by atoms with Crippen molar-refractivity contribution in [2.45, 2.75) is 0 Å². The number of rotatable bonds is 6. The molecule has 0 aromatic heterocycles. The minimum atomic E-state index is -0.976. The number of aromatic carboxylic acids is 1. The minimum Gasteiger partial charge on any atom is -0.492 e. The van der Waals surface area contributed by atoms with Crippen molar-refractivity contribution in [3.8, 4) is 11.8 Å². The number of nitrogens with one attached hydrogen (secondary N) is 1. The van der Waals surface area contributed by atoms with Gasteiger partial charge in [0, 0.05) is 12.2 Å². The first-order valence-corrected chi connectivity index (χ1v) is 6.39. The van der Waals surface area contributed by atoms with Crippen LogP contribution in [0.15, 0.2) is 48.5 Å². The number of carbonyl (C=O) groups is 1. The van der Waals surface area contributed by atoms with Gasteiger partial charge in [-0.1, -0.05) is 6.07 Å². The van der Waals surface area contributed by atoms with Crippen molar-refractivity contribution in [1.29, 1.82) is 5.26 Å². The number of nitriles is 1. The molecule has 0 atom stereocenters. The van der Waals surface area contributed by atoms with Gasteiger partial charge in [0.15, 0.2) is 0 Å². The van der Waals surface area contributed by atoms with Crippen LogP contribution in [0.2, 0.25) is 0 Å². The number of carboxylic acids is 1. The third-order valence-electron chi connectivity index (χ3n) is 2.79. The standard InChI is InChI=1S/C16H14N2O3/c17-11-12-4-6-14(7-5-12)18-8-9-21-15-3-1-2-13(10-15)16(19)20/h1-7,10,18H,8-9H2,(H,19,20). The van der Waals surface area contributed by atoms with E-state index in [-0.39, 0.29) is 5.56 Å². The Hall–Kier alpha value is -3.00. The molecule has 106 valence electrons. The van der Waals surface area contributed by atoms with Crippen molar-refractivity contribution in [3.63, 3.8) is 0 Å². The fourth-order valence-electron chi connectivity index (χ4n) is 1.75. The lowest BCUT2D eigenvalue weighted by Crippen LogP contribution is -2.11. The van der Waals surface area contributed by atoms with E-state index in [4.69, 9.17) is 15.1 Å². The minimum absolute atomic E-state index is 0.201. The molecule has 0 radical (unpaired) electrons. The Bertz CT molecular complexity index is 660. The normalized spacial score (nSPS) is 9.67. The summed E-state index contributed by atoms with van der Waals surface area (Å²) in [5.74, 6) is -0.451. The molecular weight excluding hydrogens is 268 g/mol. The highest BCUT2D eigenvalue weighted by atomic mass is 16.5. The van der Waals surface area contributed by atoms with Crippen LogP contribution in [0.3, 0.4) is 0 Å². The highest BCUT2D eigenvalue weighted by molar-refractivity contribution is 5.87. The maximum absolute atomic E-state index is 10.8. The summed E-state index contributed by atoms with van der Waals surface area (Å²) >= 11 is 0. The highest BCUT2D eigenvalue weighted by Crippen LogP contribution is 2.13. The molecule has 0 aliphatic carbocycles. The van der Waals surface area contributed by atoms with Gasteiger partial charge in [-0.15, -0.1) is 0 Å². The molecule has 0 bridgehead atoms. The number of ether oxygens (including phenoxy) is 1. The van der Waals surface area contributed by atoms with E-state index in [1.807, 2.05) is 12.1 Å². The van der Waals surface area contributed by atoms with Crippen LogP contribution < -0.4 is 10.1 Å². The molecule has 0 saturated carbocycles. The lowest BCUT2D eigenvalue weighted by atomic mass is 10.2. The first-order valence-electron chi connectivity index (χ1n) is 6.39. The van der Waals surface area contributed by atoms with Crippen molar-refractivity contribution >= 4 is 11.7 Å². The average molecular weight is 282 g/mol. The molecule has 0 spiro atoms. The molecule has 0 aliphatic heterocycles. The zero-order chi connectivity index (χ0) is 15.1. The van der Waals surface area contributed by atoms with Crippen molar-refractivity contribution in [2.24, 2.45) is 0 Å². The second-order valence-electron chi connectivity index (χ2n) is 4.30. The van der Waals surface area contributed by atoms with Gasteiger partial charge < -0.3 is 15.2 Å². The Morgan fingerprint density at radius 1 is 1.24 bits per heavy atom. The smallest absolute Gasteiger partial charge is 0.335 e. The highest BCUT2D eigenvalue weighted by Gasteiger charge is 2.03. The Morgan fingerprint density at radius 3 is 2.67 bits per heavy atom. The van der Waals surface area contributed by atoms with Gasteiger partial charge in [-0.05, 0) is 42.5 Å². The summed E-state index contributed by atoms with van der Waals surface area (Å²) in [6.07, 6.45) is 0. The molecule has 0 fully saturated rings. The van der Waals surface area contributed by atoms with E-state index in [0.717, 1.165) is 5.69 Å². The number of benzene rings is 2. The molecule has 0 amide bonds. The maximum atomic E-state index is 10.8. The van der Waals surface area contributed by atoms with Gasteiger partial charge in [0.1, 0.15) is 12.4 Å². The molecule has 2 aromatic carbocycles. The summed E-state index contributed by atoms with van der Waals surface area (Å²) in [7, 11) is 0. The third-order valence-corrected chi connectivity index (χ3v) is 2.79. The molecule has 2 aromatic rings. The summed E-state index contributed by atoms with van der Waals surface area (Å²) in [5, 5.41) is 20.7. The van der Waals surface area contributed by atoms with Gasteiger partial charge in [-0.25, -0.2) is 4.79 Å². The fraction of sp³-hybridized carbons (Fsp3) is 0.125. The third kappa shape index (κ3) is 4.25. The lowest BCUT2D eigenvalue weighted by molar-refractivity contribution is 0.0696. The van der Waals surface area contributed by atoms with E-state index in [1.54, 1.807) is 24.3 Å². The van der Waals surface area contributed by atoms with Crippen molar-refractivity contribution in [1.82, 2.24) is 0 Å². The summed E-state index contributed by atoms with van der Waals surface area (Å²) in [5.41, 5.74) is 1.71. The Labute approximate surface area is 122 Å². The second-order valence-corrected chi connectivity index (χ2v) is 4.30. The molecule has 2 N–H and O–H groups in total. The van der Waals surface area contributed by atoms with Crippen molar-refractivity contribution in [2.75, 3.05) is 18.5 Å². The van der Waals surface area contributed by atoms with Gasteiger partial charge in [-0.2, -0.15) is 5.26 Å². The predicted octanol–water partition coefficient (Wildman–Crippen LogP) is 2.75. The Balaban J connectivity index is 1.80. The van der Waals surface area contributed by atoms with Crippen LogP contribution in [0.4, 0.5) is 5.69 Å². The number of hydrogen-bond acceptors (Lipinski definition) is 4. The van der Waals surface area contributed by atoms with Crippen LogP contribution in [0, 0.1) is 11.3 Å². The molecule has 5 heteroatoms. The van der Waals surface area contributed by atoms with Crippen LogP contribution in [0.5, 0.6) is 5.75 Å². The van der Waals surface area contributed by atoms with Crippen LogP contribution >= 0.6 is 0 Å². The number of anilines is 1. The largest absolute Gasteiger partial charge is 0.492 e. The average Bonchev–Trinajstić information content (AvgIpc) is 2.52. The zero-order valence-corrected chi connectivity index (χ0v) is 11.2. The number of nitrogens with zero attached hydrogens (tertiary/aromatic N) is 1. The summed E-state index contributed by atoms with van der Waals surface area (Å²) < 4.78 is 5.49. The van der Waals surface area contributed by atoms with Crippen LogP contribution in [0.25, 0.3) is 0 Å². The van der Waals surface area contributed by atoms with Crippen LogP contribution in [-0.2, 0) is 0 Å². The Kier molecular flexibility index (Phi) is 4.78. The van der Waals surface area contributed by atoms with Crippen LogP contribution in [0.1, 0.15) is 15.9 Å². The molecule has 0 aliphatic rings. The Morgan fingerprint density at radius 2 is 2.00 bits per heavy atom. The van der Waals surface area contributed by atoms with Crippen molar-refractivity contribution in [3.05, 3.63) is 59.7 Å². The van der Waals surface area contributed by atoms with Crippen LogP contribution in [-0.4, -0.2) is 24.2 Å². The van der Waals surface area contributed by atoms with Gasteiger partial charge in [0.05, 0.1) is 17.2 Å². The molecule has 0 heterocycles. The first-order chi connectivity index (χ1) is 10.2. The molecule has 2 rings (SSSR count). The summed E-state index contributed by atoms with van der Waals surface area (Å²) in [6, 6.07) is 15.5. The molecule has 0 unspecified atom stereocenters. The topological polar surface area (TPSA) is 82.3 Å². The van der Waals surface area contributed by atoms with E-state index in [9.17, 15) is 4.79 Å². The number of carboxylic acid groups (broad SMARTS) is 1. The van der Waals surface area contributed by atoms with Gasteiger partial charge in [0.25, 0.3) is 0 Å². The van der Waals surface area contributed by atoms with E-state index in [2.05, 4.69) is 11.4 Å². The monoisotopic (exact) mass is 282 g/mol. The van der Waals surface area contributed by atoms with E-state index < -0.39 is 5.97 Å². The summed E-state index contributed by atoms with van der Waals surface area (Å²) in [6.45, 7) is 0.978. The van der Waals surface area contributed by atoms with Gasteiger partial charge in [0.2, 0.25) is 0 Å². The molecule has 0 saturated heterocycles. The van der Waals surface area contributed by atoms with Crippen molar-refractivity contribution < 1.29 is 14.6 Å². The first kappa shape index (κ1) is 14.4. The molecule has 21 heavy (non-hydrogen) atoms. The van der Waals surface area contributed by atoms with E-state index in [1.165, 1.54) is 12.1 Å². The maximum Gasteiger partial charge on any atom is 0.335 e. The fourth-order valence-corrected chi connectivity index (χ4v) is 1.75. The van der Waals surface area contributed by atoms with Gasteiger partial charge >= 0.3 is 5.97 Å². The zero-order valence-electron chi connectivity index (χ0n) is 11.2. The predicted molar refractivity (Wildman–Crippen MR) is 78.5 cm³/mol. The summed E-state index contributed by atoms with van der Waals surface area (Å²) in [4.78, 5) is 10.8.